The van der Waals surface area contributed by atoms with Crippen LogP contribution in [0.15, 0.2) is 18.2 Å². The average molecular weight is 330 g/mol. The second-order valence-corrected chi connectivity index (χ2v) is 7.49. The molecule has 0 radical (unpaired) electrons. The summed E-state index contributed by atoms with van der Waals surface area (Å²) in [5.74, 6) is 0.244. The van der Waals surface area contributed by atoms with E-state index in [1.807, 2.05) is 35.8 Å². The monoisotopic (exact) mass is 330 g/mol. The summed E-state index contributed by atoms with van der Waals surface area (Å²) in [6.45, 7) is 8.12. The second kappa shape index (κ2) is 6.20. The highest BCUT2D eigenvalue weighted by atomic mass is 16.3. The minimum Gasteiger partial charge on any atom is -0.396 e. The van der Waals surface area contributed by atoms with Crippen LogP contribution in [0, 0.1) is 25.2 Å². The largest absolute Gasteiger partial charge is 0.396 e. The summed E-state index contributed by atoms with van der Waals surface area (Å²) in [5, 5.41) is 9.99. The number of amides is 2. The van der Waals surface area contributed by atoms with Crippen molar-refractivity contribution >= 4 is 11.8 Å². The minimum absolute atomic E-state index is 0.0263. The second-order valence-electron chi connectivity index (χ2n) is 7.49. The predicted molar refractivity (Wildman–Crippen MR) is 91.7 cm³/mol. The first-order valence-corrected chi connectivity index (χ1v) is 8.58. The Labute approximate surface area is 143 Å². The zero-order valence-electron chi connectivity index (χ0n) is 14.7. The van der Waals surface area contributed by atoms with E-state index in [9.17, 15) is 14.7 Å². The Bertz CT molecular complexity index is 652. The van der Waals surface area contributed by atoms with Gasteiger partial charge in [-0.15, -0.1) is 0 Å². The van der Waals surface area contributed by atoms with E-state index in [4.69, 9.17) is 0 Å². The lowest BCUT2D eigenvalue weighted by Crippen LogP contribution is -2.50. The first-order chi connectivity index (χ1) is 11.3. The van der Waals surface area contributed by atoms with E-state index in [1.165, 1.54) is 0 Å². The fourth-order valence-electron chi connectivity index (χ4n) is 4.26. The van der Waals surface area contributed by atoms with Gasteiger partial charge in [0.25, 0.3) is 5.91 Å². The SMILES string of the molecule is CC(=O)N1CC[C@@]2(CO)CN(C(=O)c3cc(C)cc(C)c3)C[C@H]2C1. The Hall–Kier alpha value is -1.88. The lowest BCUT2D eigenvalue weighted by atomic mass is 9.73. The van der Waals surface area contributed by atoms with Gasteiger partial charge in [-0.3, -0.25) is 9.59 Å². The quantitative estimate of drug-likeness (QED) is 0.896. The van der Waals surface area contributed by atoms with Gasteiger partial charge in [-0.25, -0.2) is 0 Å². The Morgan fingerprint density at radius 3 is 2.38 bits per heavy atom. The van der Waals surface area contributed by atoms with Crippen LogP contribution >= 0.6 is 0 Å². The van der Waals surface area contributed by atoms with Gasteiger partial charge < -0.3 is 14.9 Å². The number of hydrogen-bond donors (Lipinski definition) is 1. The molecule has 5 nitrogen and oxygen atoms in total. The molecule has 5 heteroatoms. The number of aliphatic hydroxyl groups excluding tert-OH is 1. The van der Waals surface area contributed by atoms with Gasteiger partial charge in [-0.2, -0.15) is 0 Å². The maximum atomic E-state index is 12.9. The molecule has 0 aromatic heterocycles. The molecule has 1 aromatic carbocycles. The fraction of sp³-hybridized carbons (Fsp3) is 0.579. The molecule has 130 valence electrons. The molecule has 2 saturated heterocycles. The summed E-state index contributed by atoms with van der Waals surface area (Å²) in [5.41, 5.74) is 2.60. The van der Waals surface area contributed by atoms with Crippen molar-refractivity contribution in [2.45, 2.75) is 27.2 Å². The third-order valence-electron chi connectivity index (χ3n) is 5.65. The smallest absolute Gasteiger partial charge is 0.253 e. The molecule has 2 amide bonds. The molecule has 1 aromatic rings. The van der Waals surface area contributed by atoms with Crippen LogP contribution in [0.25, 0.3) is 0 Å². The van der Waals surface area contributed by atoms with Crippen molar-refractivity contribution in [2.24, 2.45) is 11.3 Å². The van der Waals surface area contributed by atoms with Crippen LogP contribution in [0.5, 0.6) is 0 Å². The number of aliphatic hydroxyl groups is 1. The van der Waals surface area contributed by atoms with Crippen molar-refractivity contribution in [1.29, 1.82) is 0 Å². The summed E-state index contributed by atoms with van der Waals surface area (Å²) >= 11 is 0. The zero-order valence-corrected chi connectivity index (χ0v) is 14.7. The lowest BCUT2D eigenvalue weighted by Gasteiger charge is -2.41. The molecule has 2 fully saturated rings. The van der Waals surface area contributed by atoms with Gasteiger partial charge >= 0.3 is 0 Å². The van der Waals surface area contributed by atoms with Crippen molar-refractivity contribution in [2.75, 3.05) is 32.8 Å². The number of hydrogen-bond acceptors (Lipinski definition) is 3. The number of aryl methyl sites for hydroxylation is 2. The normalized spacial score (nSPS) is 26.4. The van der Waals surface area contributed by atoms with E-state index in [1.54, 1.807) is 6.92 Å². The molecule has 0 spiro atoms. The van der Waals surface area contributed by atoms with Crippen molar-refractivity contribution in [1.82, 2.24) is 9.80 Å². The zero-order chi connectivity index (χ0) is 17.5. The fourth-order valence-corrected chi connectivity index (χ4v) is 4.26. The van der Waals surface area contributed by atoms with Gasteiger partial charge in [0.2, 0.25) is 5.91 Å². The molecule has 3 rings (SSSR count). The lowest BCUT2D eigenvalue weighted by molar-refractivity contribution is -0.133. The number of carbonyl (C=O) groups is 2. The molecular formula is C19H26N2O3. The maximum absolute atomic E-state index is 12.9. The van der Waals surface area contributed by atoms with Crippen LogP contribution < -0.4 is 0 Å². The first kappa shape index (κ1) is 17.0. The predicted octanol–water partition coefficient (Wildman–Crippen LogP) is 1.61. The van der Waals surface area contributed by atoms with Gasteiger partial charge in [0.15, 0.2) is 0 Å². The highest BCUT2D eigenvalue weighted by Crippen LogP contribution is 2.43. The molecule has 0 bridgehead atoms. The van der Waals surface area contributed by atoms with E-state index in [2.05, 4.69) is 6.07 Å². The summed E-state index contributed by atoms with van der Waals surface area (Å²) < 4.78 is 0. The Morgan fingerprint density at radius 1 is 1.17 bits per heavy atom. The standard InChI is InChI=1S/C19H26N2O3/c1-13-6-14(2)8-16(7-13)18(24)21-10-17-9-20(15(3)23)5-4-19(17,11-21)12-22/h6-8,17,22H,4-5,9-12H2,1-3H3/t17-,19+/m1/s1. The number of nitrogens with zero attached hydrogens (tertiary/aromatic N) is 2. The Kier molecular flexibility index (Phi) is 4.38. The van der Waals surface area contributed by atoms with E-state index >= 15 is 0 Å². The number of likely N-dealkylation sites (tertiary alicyclic amines) is 2. The van der Waals surface area contributed by atoms with Crippen LogP contribution in [0.1, 0.15) is 34.8 Å². The molecule has 24 heavy (non-hydrogen) atoms. The number of carbonyl (C=O) groups excluding carboxylic acids is 2. The van der Waals surface area contributed by atoms with E-state index in [0.717, 1.165) is 17.5 Å². The maximum Gasteiger partial charge on any atom is 0.253 e. The molecule has 2 aliphatic rings. The topological polar surface area (TPSA) is 60.9 Å². The van der Waals surface area contributed by atoms with Crippen LogP contribution in [0.2, 0.25) is 0 Å². The first-order valence-electron chi connectivity index (χ1n) is 8.58. The van der Waals surface area contributed by atoms with Crippen LogP contribution in [0.4, 0.5) is 0 Å². The molecule has 1 N–H and O–H groups in total. The molecule has 2 aliphatic heterocycles. The third kappa shape index (κ3) is 2.93. The number of piperidine rings is 1. The number of fused-ring (bicyclic) bond motifs is 1. The molecule has 2 heterocycles. The van der Waals surface area contributed by atoms with Crippen LogP contribution in [-0.4, -0.2) is 59.5 Å². The molecular weight excluding hydrogens is 304 g/mol. The summed E-state index contributed by atoms with van der Waals surface area (Å²) in [6.07, 6.45) is 0.754. The van der Waals surface area contributed by atoms with Crippen molar-refractivity contribution in [3.8, 4) is 0 Å². The van der Waals surface area contributed by atoms with E-state index in [-0.39, 0.29) is 29.8 Å². The summed E-state index contributed by atoms with van der Waals surface area (Å²) in [7, 11) is 0. The van der Waals surface area contributed by atoms with Crippen molar-refractivity contribution in [3.05, 3.63) is 34.9 Å². The van der Waals surface area contributed by atoms with Gasteiger partial charge in [-0.05, 0) is 32.4 Å². The third-order valence-corrected chi connectivity index (χ3v) is 5.65. The minimum atomic E-state index is -0.263. The Morgan fingerprint density at radius 2 is 1.79 bits per heavy atom. The number of benzene rings is 1. The van der Waals surface area contributed by atoms with Crippen LogP contribution in [0.3, 0.4) is 0 Å². The highest BCUT2D eigenvalue weighted by molar-refractivity contribution is 5.95. The molecule has 0 aliphatic carbocycles. The van der Waals surface area contributed by atoms with Gasteiger partial charge in [0.05, 0.1) is 6.61 Å². The summed E-state index contributed by atoms with van der Waals surface area (Å²) in [4.78, 5) is 28.3. The van der Waals surface area contributed by atoms with Gasteiger partial charge in [0, 0.05) is 50.0 Å². The average Bonchev–Trinajstić information content (AvgIpc) is 2.92. The highest BCUT2D eigenvalue weighted by Gasteiger charge is 2.50. The molecule has 0 unspecified atom stereocenters. The molecule has 0 saturated carbocycles. The van der Waals surface area contributed by atoms with E-state index < -0.39 is 0 Å². The van der Waals surface area contributed by atoms with Crippen molar-refractivity contribution in [3.63, 3.8) is 0 Å². The van der Waals surface area contributed by atoms with Gasteiger partial charge in [-0.1, -0.05) is 17.2 Å². The number of rotatable bonds is 2. The van der Waals surface area contributed by atoms with E-state index in [0.29, 0.717) is 31.7 Å². The summed E-state index contributed by atoms with van der Waals surface area (Å²) in [6, 6.07) is 5.90. The Balaban J connectivity index is 1.81. The van der Waals surface area contributed by atoms with Crippen LogP contribution in [-0.2, 0) is 4.79 Å². The van der Waals surface area contributed by atoms with Gasteiger partial charge in [0.1, 0.15) is 0 Å². The molecule has 2 atom stereocenters. The van der Waals surface area contributed by atoms with Crippen molar-refractivity contribution < 1.29 is 14.7 Å².